The standard InChI is InChI=1S/C34H29NSSi/c1-37(2,3)31-22-20-29(21-23-31)27-14-12-25(13-15-27)24-8-10-26(11-9-24)28-16-18-30(19-17-28)34-35-32-6-4-5-7-33(32)36-34/h4-23H,1-3H3. The summed E-state index contributed by atoms with van der Waals surface area (Å²) in [6.45, 7) is 7.17. The van der Waals surface area contributed by atoms with Crippen molar-refractivity contribution in [2.24, 2.45) is 0 Å². The molecular formula is C34H29NSSi. The molecule has 0 spiro atoms. The van der Waals surface area contributed by atoms with E-state index in [1.54, 1.807) is 11.3 Å². The highest BCUT2D eigenvalue weighted by molar-refractivity contribution is 7.21. The molecular weight excluding hydrogens is 483 g/mol. The van der Waals surface area contributed by atoms with Gasteiger partial charge >= 0.3 is 0 Å². The van der Waals surface area contributed by atoms with E-state index in [-0.39, 0.29) is 0 Å². The van der Waals surface area contributed by atoms with Gasteiger partial charge in [0, 0.05) is 5.56 Å². The summed E-state index contributed by atoms with van der Waals surface area (Å²) in [7, 11) is -1.27. The summed E-state index contributed by atoms with van der Waals surface area (Å²) in [4.78, 5) is 4.79. The monoisotopic (exact) mass is 511 g/mol. The molecule has 0 radical (unpaired) electrons. The SMILES string of the molecule is C[Si](C)(C)c1ccc(-c2ccc(-c3ccc(-c4ccc(-c5nc6ccccc6s5)cc4)cc3)cc2)cc1. The lowest BCUT2D eigenvalue weighted by atomic mass is 9.98. The number of benzene rings is 5. The molecule has 0 amide bonds. The van der Waals surface area contributed by atoms with E-state index in [0.717, 1.165) is 16.1 Å². The lowest BCUT2D eigenvalue weighted by Gasteiger charge is -2.16. The lowest BCUT2D eigenvalue weighted by Crippen LogP contribution is -2.37. The Balaban J connectivity index is 1.18. The van der Waals surface area contributed by atoms with Crippen LogP contribution in [0.2, 0.25) is 19.6 Å². The van der Waals surface area contributed by atoms with Gasteiger partial charge in [-0.15, -0.1) is 11.3 Å². The summed E-state index contributed by atoms with van der Waals surface area (Å²) in [6.07, 6.45) is 0. The average molecular weight is 512 g/mol. The Morgan fingerprint density at radius 3 is 1.24 bits per heavy atom. The second kappa shape index (κ2) is 9.58. The first-order chi connectivity index (χ1) is 17.9. The van der Waals surface area contributed by atoms with Crippen LogP contribution in [-0.4, -0.2) is 13.1 Å². The molecule has 0 aliphatic rings. The van der Waals surface area contributed by atoms with E-state index in [2.05, 4.69) is 135 Å². The average Bonchev–Trinajstić information content (AvgIpc) is 3.38. The molecule has 3 heteroatoms. The van der Waals surface area contributed by atoms with Crippen LogP contribution in [0.4, 0.5) is 0 Å². The van der Waals surface area contributed by atoms with Crippen LogP contribution in [0.3, 0.4) is 0 Å². The molecule has 0 N–H and O–H groups in total. The molecule has 0 unspecified atom stereocenters. The van der Waals surface area contributed by atoms with Gasteiger partial charge in [-0.1, -0.05) is 134 Å². The quantitative estimate of drug-likeness (QED) is 0.210. The fraction of sp³-hybridized carbons (Fsp3) is 0.0882. The van der Waals surface area contributed by atoms with Crippen molar-refractivity contribution in [3.05, 3.63) is 121 Å². The van der Waals surface area contributed by atoms with Gasteiger partial charge in [-0.25, -0.2) is 4.98 Å². The highest BCUT2D eigenvalue weighted by atomic mass is 32.1. The van der Waals surface area contributed by atoms with E-state index >= 15 is 0 Å². The van der Waals surface area contributed by atoms with Crippen LogP contribution in [0, 0.1) is 0 Å². The maximum Gasteiger partial charge on any atom is 0.124 e. The molecule has 37 heavy (non-hydrogen) atoms. The van der Waals surface area contributed by atoms with Gasteiger partial charge in [0.05, 0.1) is 18.3 Å². The Bertz CT molecular complexity index is 1620. The molecule has 6 rings (SSSR count). The van der Waals surface area contributed by atoms with Crippen molar-refractivity contribution >= 4 is 34.8 Å². The van der Waals surface area contributed by atoms with Gasteiger partial charge < -0.3 is 0 Å². The molecule has 180 valence electrons. The first kappa shape index (κ1) is 23.6. The van der Waals surface area contributed by atoms with Crippen LogP contribution in [0.5, 0.6) is 0 Å². The first-order valence-electron chi connectivity index (χ1n) is 12.7. The first-order valence-corrected chi connectivity index (χ1v) is 17.0. The van der Waals surface area contributed by atoms with E-state index in [0.29, 0.717) is 0 Å². The van der Waals surface area contributed by atoms with Crippen LogP contribution in [-0.2, 0) is 0 Å². The molecule has 1 aromatic heterocycles. The number of hydrogen-bond donors (Lipinski definition) is 0. The van der Waals surface area contributed by atoms with Gasteiger partial charge in [-0.3, -0.25) is 0 Å². The number of rotatable bonds is 5. The summed E-state index contributed by atoms with van der Waals surface area (Å²) in [5, 5.41) is 2.57. The predicted molar refractivity (Wildman–Crippen MR) is 164 cm³/mol. The Kier molecular flexibility index (Phi) is 6.11. The molecule has 0 saturated carbocycles. The fourth-order valence-corrected chi connectivity index (χ4v) is 6.81. The summed E-state index contributed by atoms with van der Waals surface area (Å²) >= 11 is 1.74. The Labute approximate surface area is 224 Å². The minimum absolute atomic E-state index is 1.06. The largest absolute Gasteiger partial charge is 0.236 e. The van der Waals surface area contributed by atoms with Crippen molar-refractivity contribution in [1.82, 2.24) is 4.98 Å². The Hall–Kier alpha value is -3.79. The second-order valence-corrected chi connectivity index (χ2v) is 16.7. The molecule has 0 aliphatic carbocycles. The minimum atomic E-state index is -1.27. The van der Waals surface area contributed by atoms with Gasteiger partial charge in [0.2, 0.25) is 0 Å². The lowest BCUT2D eigenvalue weighted by molar-refractivity contribution is 1.47. The zero-order chi connectivity index (χ0) is 25.4. The van der Waals surface area contributed by atoms with Gasteiger partial charge in [0.1, 0.15) is 5.01 Å². The molecule has 0 saturated heterocycles. The molecule has 0 fully saturated rings. The normalized spacial score (nSPS) is 11.6. The van der Waals surface area contributed by atoms with E-state index in [9.17, 15) is 0 Å². The number of hydrogen-bond acceptors (Lipinski definition) is 2. The van der Waals surface area contributed by atoms with Gasteiger partial charge in [-0.05, 0) is 45.5 Å². The molecule has 5 aromatic carbocycles. The summed E-state index contributed by atoms with van der Waals surface area (Å²) in [5.74, 6) is 0. The number of fused-ring (bicyclic) bond motifs is 1. The van der Waals surface area contributed by atoms with Crippen LogP contribution in [0.15, 0.2) is 121 Å². The van der Waals surface area contributed by atoms with Gasteiger partial charge in [0.25, 0.3) is 0 Å². The molecule has 0 bridgehead atoms. The van der Waals surface area contributed by atoms with Crippen LogP contribution >= 0.6 is 11.3 Å². The van der Waals surface area contributed by atoms with Crippen molar-refractivity contribution in [1.29, 1.82) is 0 Å². The van der Waals surface area contributed by atoms with Crippen molar-refractivity contribution in [3.8, 4) is 44.0 Å². The Morgan fingerprint density at radius 2 is 0.838 bits per heavy atom. The van der Waals surface area contributed by atoms with E-state index in [1.165, 1.54) is 43.3 Å². The third kappa shape index (κ3) is 4.93. The summed E-state index contributed by atoms with van der Waals surface area (Å²) in [5.41, 5.74) is 9.67. The van der Waals surface area contributed by atoms with Crippen LogP contribution in [0.25, 0.3) is 54.2 Å². The number of nitrogens with zero attached hydrogens (tertiary/aromatic N) is 1. The number of aromatic nitrogens is 1. The van der Waals surface area contributed by atoms with Gasteiger partial charge in [0.15, 0.2) is 0 Å². The highest BCUT2D eigenvalue weighted by Crippen LogP contribution is 2.32. The predicted octanol–water partition coefficient (Wildman–Crippen LogP) is 9.51. The fourth-order valence-electron chi connectivity index (χ4n) is 4.67. The van der Waals surface area contributed by atoms with Crippen molar-refractivity contribution in [3.63, 3.8) is 0 Å². The number of para-hydroxylation sites is 1. The maximum absolute atomic E-state index is 4.79. The van der Waals surface area contributed by atoms with Crippen LogP contribution < -0.4 is 5.19 Å². The van der Waals surface area contributed by atoms with E-state index in [1.807, 2.05) is 6.07 Å². The second-order valence-electron chi connectivity index (χ2n) is 10.5. The van der Waals surface area contributed by atoms with Crippen LogP contribution in [0.1, 0.15) is 0 Å². The van der Waals surface area contributed by atoms with Gasteiger partial charge in [-0.2, -0.15) is 0 Å². The third-order valence-electron chi connectivity index (χ3n) is 6.95. The molecule has 1 nitrogen and oxygen atoms in total. The van der Waals surface area contributed by atoms with E-state index in [4.69, 9.17) is 4.98 Å². The smallest absolute Gasteiger partial charge is 0.124 e. The molecule has 0 atom stereocenters. The van der Waals surface area contributed by atoms with Crippen molar-refractivity contribution in [2.75, 3.05) is 0 Å². The van der Waals surface area contributed by atoms with E-state index < -0.39 is 8.07 Å². The third-order valence-corrected chi connectivity index (χ3v) is 10.1. The maximum atomic E-state index is 4.79. The Morgan fingerprint density at radius 1 is 0.459 bits per heavy atom. The molecule has 1 heterocycles. The topological polar surface area (TPSA) is 12.9 Å². The molecule has 6 aromatic rings. The van der Waals surface area contributed by atoms with Crippen molar-refractivity contribution in [2.45, 2.75) is 19.6 Å². The van der Waals surface area contributed by atoms with Crippen molar-refractivity contribution < 1.29 is 0 Å². The highest BCUT2D eigenvalue weighted by Gasteiger charge is 2.15. The molecule has 0 aliphatic heterocycles. The minimum Gasteiger partial charge on any atom is -0.236 e. The summed E-state index contributed by atoms with van der Waals surface area (Å²) in [6, 6.07) is 44.0. The zero-order valence-electron chi connectivity index (χ0n) is 21.4. The summed E-state index contributed by atoms with van der Waals surface area (Å²) < 4.78 is 1.23. The number of thiazole rings is 1. The zero-order valence-corrected chi connectivity index (χ0v) is 23.2.